The Bertz CT molecular complexity index is 1410. The largest absolute Gasteiger partial charge is 0.289 e. The Morgan fingerprint density at radius 2 is 0.750 bits per heavy atom. The highest BCUT2D eigenvalue weighted by Crippen LogP contribution is 2.47. The van der Waals surface area contributed by atoms with Crippen LogP contribution in [0.5, 0.6) is 0 Å². The molecule has 0 saturated carbocycles. The Kier molecular flexibility index (Phi) is 4.42. The predicted octanol–water partition coefficient (Wildman–Crippen LogP) is 7.31. The summed E-state index contributed by atoms with van der Waals surface area (Å²) < 4.78 is 1.80. The van der Waals surface area contributed by atoms with Gasteiger partial charge >= 0.3 is 0 Å². The molecular weight excluding hydrogens is 528 g/mol. The SMILES string of the molecule is O=C1c2ccccc2C(=C2c3ccccc3C(=O)c3ccc(Br)cc32)c2cc(Br)ccc21. The van der Waals surface area contributed by atoms with Crippen LogP contribution in [0.3, 0.4) is 0 Å². The lowest BCUT2D eigenvalue weighted by atomic mass is 9.73. The van der Waals surface area contributed by atoms with Crippen molar-refractivity contribution in [2.75, 3.05) is 0 Å². The summed E-state index contributed by atoms with van der Waals surface area (Å²) in [5, 5.41) is 0. The van der Waals surface area contributed by atoms with Crippen LogP contribution in [0.4, 0.5) is 0 Å². The summed E-state index contributed by atoms with van der Waals surface area (Å²) in [5.74, 6) is 0.0316. The number of rotatable bonds is 0. The predicted molar refractivity (Wildman–Crippen MR) is 133 cm³/mol. The molecule has 2 nitrogen and oxygen atoms in total. The lowest BCUT2D eigenvalue weighted by Gasteiger charge is -2.29. The third-order valence-corrected chi connectivity index (χ3v) is 7.11. The van der Waals surface area contributed by atoms with Crippen molar-refractivity contribution in [1.29, 1.82) is 0 Å². The van der Waals surface area contributed by atoms with Gasteiger partial charge in [-0.05, 0) is 69.8 Å². The maximum atomic E-state index is 13.3. The van der Waals surface area contributed by atoms with Crippen LogP contribution in [0.1, 0.15) is 54.1 Å². The third-order valence-electron chi connectivity index (χ3n) is 6.12. The molecule has 6 rings (SSSR count). The Morgan fingerprint density at radius 3 is 1.16 bits per heavy atom. The molecule has 0 bridgehead atoms. The first-order valence-electron chi connectivity index (χ1n) is 10.2. The van der Waals surface area contributed by atoms with Crippen LogP contribution in [-0.4, -0.2) is 11.6 Å². The van der Waals surface area contributed by atoms with Crippen molar-refractivity contribution >= 4 is 54.6 Å². The van der Waals surface area contributed by atoms with Gasteiger partial charge < -0.3 is 0 Å². The molecule has 4 aromatic carbocycles. The van der Waals surface area contributed by atoms with Crippen molar-refractivity contribution in [3.05, 3.63) is 138 Å². The maximum Gasteiger partial charge on any atom is 0.194 e. The number of hydrogen-bond acceptors (Lipinski definition) is 2. The molecule has 152 valence electrons. The van der Waals surface area contributed by atoms with E-state index >= 15 is 0 Å². The smallest absolute Gasteiger partial charge is 0.194 e. The minimum atomic E-state index is 0.0158. The Hall–Kier alpha value is -3.08. The molecule has 0 N–H and O–H groups in total. The molecule has 2 aliphatic rings. The van der Waals surface area contributed by atoms with E-state index in [1.54, 1.807) is 0 Å². The van der Waals surface area contributed by atoms with Crippen LogP contribution in [-0.2, 0) is 0 Å². The minimum Gasteiger partial charge on any atom is -0.289 e. The van der Waals surface area contributed by atoms with Gasteiger partial charge in [-0.1, -0.05) is 80.4 Å². The second-order valence-electron chi connectivity index (χ2n) is 7.88. The van der Waals surface area contributed by atoms with Crippen LogP contribution in [0, 0.1) is 0 Å². The fourth-order valence-corrected chi connectivity index (χ4v) is 5.48. The van der Waals surface area contributed by atoms with Gasteiger partial charge in [0.05, 0.1) is 0 Å². The van der Waals surface area contributed by atoms with Crippen LogP contribution in [0.15, 0.2) is 93.9 Å². The van der Waals surface area contributed by atoms with E-state index in [0.29, 0.717) is 22.3 Å². The monoisotopic (exact) mass is 540 g/mol. The summed E-state index contributed by atoms with van der Waals surface area (Å²) in [6, 6.07) is 27.0. The fourth-order valence-electron chi connectivity index (χ4n) is 4.76. The molecule has 0 aromatic heterocycles. The van der Waals surface area contributed by atoms with E-state index in [4.69, 9.17) is 0 Å². The molecule has 0 unspecified atom stereocenters. The van der Waals surface area contributed by atoms with Crippen molar-refractivity contribution in [3.8, 4) is 0 Å². The highest BCUT2D eigenvalue weighted by atomic mass is 79.9. The van der Waals surface area contributed by atoms with E-state index in [1.807, 2.05) is 84.9 Å². The Morgan fingerprint density at radius 1 is 0.406 bits per heavy atom. The van der Waals surface area contributed by atoms with E-state index < -0.39 is 0 Å². The summed E-state index contributed by atoms with van der Waals surface area (Å²) in [6.07, 6.45) is 0. The van der Waals surface area contributed by atoms with Gasteiger partial charge in [0, 0.05) is 31.2 Å². The molecule has 0 aliphatic heterocycles. The highest BCUT2D eigenvalue weighted by molar-refractivity contribution is 9.10. The molecule has 2 aliphatic carbocycles. The van der Waals surface area contributed by atoms with Crippen LogP contribution in [0.25, 0.3) is 11.1 Å². The summed E-state index contributed by atoms with van der Waals surface area (Å²) >= 11 is 7.18. The van der Waals surface area contributed by atoms with E-state index in [9.17, 15) is 9.59 Å². The second-order valence-corrected chi connectivity index (χ2v) is 9.71. The molecule has 0 heterocycles. The number of hydrogen-bond donors (Lipinski definition) is 0. The van der Waals surface area contributed by atoms with Crippen molar-refractivity contribution in [1.82, 2.24) is 0 Å². The molecule has 0 atom stereocenters. The molecule has 0 radical (unpaired) electrons. The average molecular weight is 542 g/mol. The molecule has 4 heteroatoms. The van der Waals surface area contributed by atoms with E-state index in [-0.39, 0.29) is 11.6 Å². The molecule has 32 heavy (non-hydrogen) atoms. The first kappa shape index (κ1) is 19.6. The molecule has 0 fully saturated rings. The normalized spacial score (nSPS) is 16.2. The van der Waals surface area contributed by atoms with Gasteiger partial charge in [0.1, 0.15) is 0 Å². The van der Waals surface area contributed by atoms with Crippen molar-refractivity contribution in [2.45, 2.75) is 0 Å². The van der Waals surface area contributed by atoms with Crippen molar-refractivity contribution in [3.63, 3.8) is 0 Å². The number of ketones is 2. The van der Waals surface area contributed by atoms with E-state index in [2.05, 4.69) is 31.9 Å². The van der Waals surface area contributed by atoms with Gasteiger partial charge in [-0.3, -0.25) is 9.59 Å². The van der Waals surface area contributed by atoms with Crippen LogP contribution in [0.2, 0.25) is 0 Å². The number of fused-ring (bicyclic) bond motifs is 4. The average Bonchev–Trinajstić information content (AvgIpc) is 2.81. The van der Waals surface area contributed by atoms with Crippen LogP contribution >= 0.6 is 31.9 Å². The van der Waals surface area contributed by atoms with Gasteiger partial charge in [0.2, 0.25) is 0 Å². The number of benzene rings is 4. The van der Waals surface area contributed by atoms with Crippen molar-refractivity contribution in [2.24, 2.45) is 0 Å². The number of halogens is 2. The summed E-state index contributed by atoms with van der Waals surface area (Å²) in [4.78, 5) is 26.7. The van der Waals surface area contributed by atoms with Gasteiger partial charge in [0.25, 0.3) is 0 Å². The van der Waals surface area contributed by atoms with Crippen LogP contribution < -0.4 is 0 Å². The molecule has 0 saturated heterocycles. The minimum absolute atomic E-state index is 0.0158. The first-order chi connectivity index (χ1) is 15.5. The lowest BCUT2D eigenvalue weighted by Crippen LogP contribution is -2.19. The zero-order valence-electron chi connectivity index (χ0n) is 16.7. The number of carbonyl (C=O) groups is 2. The quantitative estimate of drug-likeness (QED) is 0.202. The summed E-state index contributed by atoms with van der Waals surface area (Å²) in [7, 11) is 0. The van der Waals surface area contributed by atoms with Gasteiger partial charge in [-0.2, -0.15) is 0 Å². The molecular formula is C28H14Br2O2. The third kappa shape index (κ3) is 2.76. The number of carbonyl (C=O) groups excluding carboxylic acids is 2. The summed E-state index contributed by atoms with van der Waals surface area (Å²) in [6.45, 7) is 0. The lowest BCUT2D eigenvalue weighted by molar-refractivity contribution is 0.102. The fraction of sp³-hybridized carbons (Fsp3) is 0. The van der Waals surface area contributed by atoms with Gasteiger partial charge in [0.15, 0.2) is 11.6 Å². The highest BCUT2D eigenvalue weighted by Gasteiger charge is 2.34. The maximum absolute atomic E-state index is 13.3. The standard InChI is InChI=1S/C28H14Br2O2/c29-15-9-11-21-23(13-15)25(17-5-1-3-7-19(17)27(21)31)26-18-6-2-4-8-20(18)28(32)22-12-10-16(30)14-24(22)26/h1-14H. The van der Waals surface area contributed by atoms with Crippen molar-refractivity contribution < 1.29 is 9.59 Å². The molecule has 0 amide bonds. The second kappa shape index (κ2) is 7.22. The Labute approximate surface area is 201 Å². The zero-order valence-corrected chi connectivity index (χ0v) is 19.8. The van der Waals surface area contributed by atoms with E-state index in [1.165, 1.54) is 0 Å². The Balaban J connectivity index is 1.85. The molecule has 4 aromatic rings. The van der Waals surface area contributed by atoms with E-state index in [0.717, 1.165) is 42.3 Å². The van der Waals surface area contributed by atoms with Gasteiger partial charge in [-0.25, -0.2) is 0 Å². The first-order valence-corrected chi connectivity index (χ1v) is 11.8. The summed E-state index contributed by atoms with van der Waals surface area (Å²) in [5.41, 5.74) is 8.13. The molecule has 0 spiro atoms. The zero-order chi connectivity index (χ0) is 22.0. The van der Waals surface area contributed by atoms with Gasteiger partial charge in [-0.15, -0.1) is 0 Å². The topological polar surface area (TPSA) is 34.1 Å².